The van der Waals surface area contributed by atoms with Crippen molar-refractivity contribution in [2.75, 3.05) is 18.9 Å². The minimum atomic E-state index is -0.104. The van der Waals surface area contributed by atoms with Crippen molar-refractivity contribution in [3.63, 3.8) is 0 Å². The van der Waals surface area contributed by atoms with Gasteiger partial charge in [-0.2, -0.15) is 0 Å². The van der Waals surface area contributed by atoms with Gasteiger partial charge in [0.15, 0.2) is 0 Å². The molecule has 1 aromatic rings. The quantitative estimate of drug-likeness (QED) is 0.449. The minimum Gasteiger partial charge on any atom is -0.487 e. The van der Waals surface area contributed by atoms with Gasteiger partial charge < -0.3 is 15.8 Å². The summed E-state index contributed by atoms with van der Waals surface area (Å²) >= 11 is 0. The Kier molecular flexibility index (Phi) is 6.22. The lowest BCUT2D eigenvalue weighted by Gasteiger charge is -2.07. The lowest BCUT2D eigenvalue weighted by atomic mass is 10.1. The fourth-order valence-electron chi connectivity index (χ4n) is 1.43. The molecular weight excluding hydrogens is 240 g/mol. The third kappa shape index (κ3) is 5.29. The van der Waals surface area contributed by atoms with Gasteiger partial charge in [0, 0.05) is 12.6 Å². The largest absolute Gasteiger partial charge is 0.487 e. The molecule has 0 aliphatic carbocycles. The van der Waals surface area contributed by atoms with Crippen LogP contribution in [0.3, 0.4) is 0 Å². The average Bonchev–Trinajstić information content (AvgIpc) is 2.41. The van der Waals surface area contributed by atoms with Crippen molar-refractivity contribution in [2.24, 2.45) is 0 Å². The van der Waals surface area contributed by atoms with Crippen LogP contribution < -0.4 is 15.8 Å². The van der Waals surface area contributed by atoms with E-state index in [0.717, 1.165) is 12.0 Å². The number of hydrogen-bond acceptors (Lipinski definition) is 3. The van der Waals surface area contributed by atoms with Gasteiger partial charge in [0.25, 0.3) is 0 Å². The molecule has 3 N–H and O–H groups in total. The number of nitrogen functional groups attached to an aromatic ring is 1. The molecule has 0 unspecified atom stereocenters. The van der Waals surface area contributed by atoms with Crippen LogP contribution in [0.4, 0.5) is 5.69 Å². The van der Waals surface area contributed by atoms with Crippen LogP contribution in [0, 0.1) is 0 Å². The molecule has 0 atom stereocenters. The highest BCUT2D eigenvalue weighted by Crippen LogP contribution is 2.23. The van der Waals surface area contributed by atoms with Crippen LogP contribution in [-0.2, 0) is 4.79 Å². The lowest BCUT2D eigenvalue weighted by molar-refractivity contribution is -0.116. The molecule has 1 aromatic carbocycles. The minimum absolute atomic E-state index is 0.104. The summed E-state index contributed by atoms with van der Waals surface area (Å²) in [4.78, 5) is 11.4. The van der Waals surface area contributed by atoms with E-state index in [1.807, 2.05) is 13.0 Å². The molecule has 19 heavy (non-hydrogen) atoms. The van der Waals surface area contributed by atoms with E-state index in [0.29, 0.717) is 24.6 Å². The number of anilines is 1. The van der Waals surface area contributed by atoms with Gasteiger partial charge in [0.2, 0.25) is 5.91 Å². The van der Waals surface area contributed by atoms with Crippen LogP contribution in [0.1, 0.15) is 18.9 Å². The highest BCUT2D eigenvalue weighted by molar-refractivity contribution is 5.91. The van der Waals surface area contributed by atoms with E-state index >= 15 is 0 Å². The van der Waals surface area contributed by atoms with Gasteiger partial charge in [-0.1, -0.05) is 25.6 Å². The summed E-state index contributed by atoms with van der Waals surface area (Å²) in [6.45, 7) is 6.68. The summed E-state index contributed by atoms with van der Waals surface area (Å²) in [7, 11) is 0. The van der Waals surface area contributed by atoms with Gasteiger partial charge in [0.1, 0.15) is 12.4 Å². The fraction of sp³-hybridized carbons (Fsp3) is 0.267. The van der Waals surface area contributed by atoms with Gasteiger partial charge in [-0.05, 0) is 30.2 Å². The molecule has 0 bridgehead atoms. The van der Waals surface area contributed by atoms with E-state index in [-0.39, 0.29) is 5.91 Å². The molecule has 0 spiro atoms. The number of carbonyl (C=O) groups excluding carboxylic acids is 1. The summed E-state index contributed by atoms with van der Waals surface area (Å²) < 4.78 is 5.37. The molecule has 0 radical (unpaired) electrons. The van der Waals surface area contributed by atoms with Gasteiger partial charge in [-0.25, -0.2) is 0 Å². The third-order valence-electron chi connectivity index (χ3n) is 2.37. The van der Waals surface area contributed by atoms with Crippen molar-refractivity contribution in [3.05, 3.63) is 42.5 Å². The molecule has 0 aromatic heterocycles. The number of benzene rings is 1. The Hall–Kier alpha value is -2.23. The van der Waals surface area contributed by atoms with Crippen LogP contribution in [0.25, 0.3) is 6.08 Å². The number of rotatable bonds is 7. The zero-order chi connectivity index (χ0) is 14.1. The summed E-state index contributed by atoms with van der Waals surface area (Å²) in [5, 5.41) is 2.76. The molecule has 0 aliphatic rings. The van der Waals surface area contributed by atoms with Crippen molar-refractivity contribution in [3.8, 4) is 5.75 Å². The van der Waals surface area contributed by atoms with E-state index in [1.165, 1.54) is 6.08 Å². The number of nitrogens with two attached hydrogens (primary N) is 1. The molecule has 0 heterocycles. The van der Waals surface area contributed by atoms with Gasteiger partial charge in [0.05, 0.1) is 5.69 Å². The Morgan fingerprint density at radius 1 is 1.53 bits per heavy atom. The van der Waals surface area contributed by atoms with Crippen molar-refractivity contribution >= 4 is 17.7 Å². The Bertz CT molecular complexity index is 467. The zero-order valence-corrected chi connectivity index (χ0v) is 11.2. The zero-order valence-electron chi connectivity index (χ0n) is 11.2. The Morgan fingerprint density at radius 2 is 2.32 bits per heavy atom. The van der Waals surface area contributed by atoms with Gasteiger partial charge in [-0.15, -0.1) is 0 Å². The lowest BCUT2D eigenvalue weighted by Crippen LogP contribution is -2.21. The molecule has 4 nitrogen and oxygen atoms in total. The first-order chi connectivity index (χ1) is 9.17. The second-order valence-electron chi connectivity index (χ2n) is 4.02. The van der Waals surface area contributed by atoms with E-state index in [4.69, 9.17) is 10.5 Å². The standard InChI is InChI=1S/C15H20N2O2/c1-3-9-17-15(18)8-6-12-5-7-14(13(16)11-12)19-10-4-2/h4-8,11H,2-3,9-10,16H2,1H3,(H,17,18)/b8-6-. The Morgan fingerprint density at radius 3 is 2.95 bits per heavy atom. The van der Waals surface area contributed by atoms with E-state index in [2.05, 4.69) is 11.9 Å². The smallest absolute Gasteiger partial charge is 0.243 e. The van der Waals surface area contributed by atoms with Crippen LogP contribution in [0.2, 0.25) is 0 Å². The number of ether oxygens (including phenoxy) is 1. The fourth-order valence-corrected chi connectivity index (χ4v) is 1.43. The monoisotopic (exact) mass is 260 g/mol. The summed E-state index contributed by atoms with van der Waals surface area (Å²) in [5.74, 6) is 0.514. The summed E-state index contributed by atoms with van der Waals surface area (Å²) in [5.41, 5.74) is 7.25. The molecule has 0 fully saturated rings. The predicted molar refractivity (Wildman–Crippen MR) is 78.9 cm³/mol. The number of carbonyl (C=O) groups is 1. The average molecular weight is 260 g/mol. The second kappa shape index (κ2) is 7.97. The SMILES string of the molecule is C=CCOc1ccc(/C=C\C(=O)NCCC)cc1N. The molecule has 102 valence electrons. The topological polar surface area (TPSA) is 64.3 Å². The van der Waals surface area contributed by atoms with E-state index < -0.39 is 0 Å². The number of hydrogen-bond donors (Lipinski definition) is 2. The maximum Gasteiger partial charge on any atom is 0.243 e. The van der Waals surface area contributed by atoms with Crippen molar-refractivity contribution in [2.45, 2.75) is 13.3 Å². The molecule has 0 saturated carbocycles. The molecule has 1 amide bonds. The first kappa shape index (κ1) is 14.8. The van der Waals surface area contributed by atoms with E-state index in [1.54, 1.807) is 24.3 Å². The third-order valence-corrected chi connectivity index (χ3v) is 2.37. The molecule has 0 saturated heterocycles. The first-order valence-electron chi connectivity index (χ1n) is 6.26. The first-order valence-corrected chi connectivity index (χ1v) is 6.26. The van der Waals surface area contributed by atoms with Crippen LogP contribution in [0.5, 0.6) is 5.75 Å². The van der Waals surface area contributed by atoms with Crippen LogP contribution in [-0.4, -0.2) is 19.1 Å². The molecule has 4 heteroatoms. The Labute approximate surface area is 114 Å². The van der Waals surface area contributed by atoms with Crippen LogP contribution >= 0.6 is 0 Å². The molecule has 1 rings (SSSR count). The van der Waals surface area contributed by atoms with Crippen molar-refractivity contribution in [1.29, 1.82) is 0 Å². The summed E-state index contributed by atoms with van der Waals surface area (Å²) in [6.07, 6.45) is 5.79. The maximum absolute atomic E-state index is 11.4. The van der Waals surface area contributed by atoms with Crippen LogP contribution in [0.15, 0.2) is 36.9 Å². The molecular formula is C15H20N2O2. The van der Waals surface area contributed by atoms with Gasteiger partial charge >= 0.3 is 0 Å². The predicted octanol–water partition coefficient (Wildman–Crippen LogP) is 2.37. The summed E-state index contributed by atoms with van der Waals surface area (Å²) in [6, 6.07) is 5.39. The maximum atomic E-state index is 11.4. The highest BCUT2D eigenvalue weighted by atomic mass is 16.5. The second-order valence-corrected chi connectivity index (χ2v) is 4.02. The highest BCUT2D eigenvalue weighted by Gasteiger charge is 2.00. The number of amides is 1. The molecule has 0 aliphatic heterocycles. The van der Waals surface area contributed by atoms with Gasteiger partial charge in [-0.3, -0.25) is 4.79 Å². The normalized spacial score (nSPS) is 10.4. The Balaban J connectivity index is 2.64. The van der Waals surface area contributed by atoms with Crippen molar-refractivity contribution in [1.82, 2.24) is 5.32 Å². The number of nitrogens with one attached hydrogen (secondary N) is 1. The van der Waals surface area contributed by atoms with Crippen molar-refractivity contribution < 1.29 is 9.53 Å². The van der Waals surface area contributed by atoms with E-state index in [9.17, 15) is 4.79 Å².